The van der Waals surface area contributed by atoms with E-state index < -0.39 is 11.7 Å². The van der Waals surface area contributed by atoms with E-state index in [4.69, 9.17) is 9.72 Å². The molecule has 5 rings (SSSR count). The summed E-state index contributed by atoms with van der Waals surface area (Å²) in [6.45, 7) is 5.52. The average molecular weight is 481 g/mol. The fraction of sp³-hybridized carbons (Fsp3) is 0.630. The summed E-state index contributed by atoms with van der Waals surface area (Å²) < 4.78 is 5.38. The number of aromatic nitrogens is 2. The summed E-state index contributed by atoms with van der Waals surface area (Å²) in [6, 6.07) is 3.30. The van der Waals surface area contributed by atoms with Crippen LogP contribution in [-0.2, 0) is 4.74 Å². The first-order valence-corrected chi connectivity index (χ1v) is 13.0. The van der Waals surface area contributed by atoms with Gasteiger partial charge in [-0.3, -0.25) is 9.59 Å². The van der Waals surface area contributed by atoms with E-state index in [9.17, 15) is 14.4 Å². The summed E-state index contributed by atoms with van der Waals surface area (Å²) in [7, 11) is 0. The van der Waals surface area contributed by atoms with Gasteiger partial charge >= 0.3 is 6.09 Å². The first-order valence-electron chi connectivity index (χ1n) is 13.0. The summed E-state index contributed by atoms with van der Waals surface area (Å²) in [5.41, 5.74) is 1.69. The lowest BCUT2D eigenvalue weighted by Crippen LogP contribution is -2.47. The minimum atomic E-state index is -0.549. The van der Waals surface area contributed by atoms with Crippen molar-refractivity contribution in [2.75, 3.05) is 0 Å². The van der Waals surface area contributed by atoms with Crippen LogP contribution < -0.4 is 10.6 Å². The van der Waals surface area contributed by atoms with Gasteiger partial charge in [-0.1, -0.05) is 6.42 Å². The Bertz CT molecular complexity index is 1130. The number of carbonyl (C=O) groups is 3. The number of benzene rings is 1. The Kier molecular flexibility index (Phi) is 6.32. The molecule has 5 unspecified atom stereocenters. The zero-order valence-corrected chi connectivity index (χ0v) is 20.9. The number of amides is 2. The van der Waals surface area contributed by atoms with Crippen molar-refractivity contribution in [3.8, 4) is 0 Å². The third-order valence-corrected chi connectivity index (χ3v) is 7.89. The number of hydrogen-bond acceptors (Lipinski definition) is 5. The molecule has 3 fully saturated rings. The topological polar surface area (TPSA) is 113 Å². The summed E-state index contributed by atoms with van der Waals surface area (Å²) in [5.74, 6) is 2.54. The Morgan fingerprint density at radius 1 is 1.06 bits per heavy atom. The van der Waals surface area contributed by atoms with Crippen molar-refractivity contribution in [2.45, 2.75) is 95.7 Å². The maximum Gasteiger partial charge on any atom is 0.407 e. The summed E-state index contributed by atoms with van der Waals surface area (Å²) in [6.07, 6.45) is 8.59. The Hall–Kier alpha value is -2.90. The molecule has 8 nitrogen and oxygen atoms in total. The molecular formula is C27H36N4O4. The highest BCUT2D eigenvalue weighted by Crippen LogP contribution is 2.52. The number of imidazole rings is 1. The summed E-state index contributed by atoms with van der Waals surface area (Å²) >= 11 is 0. The van der Waals surface area contributed by atoms with Crippen LogP contribution >= 0.6 is 0 Å². The number of carbonyl (C=O) groups excluding carboxylic acids is 3. The van der Waals surface area contributed by atoms with E-state index in [0.717, 1.165) is 43.7 Å². The second-order valence-corrected chi connectivity index (χ2v) is 11.6. The van der Waals surface area contributed by atoms with Gasteiger partial charge in [0.05, 0.1) is 16.6 Å². The molecule has 0 aliphatic heterocycles. The monoisotopic (exact) mass is 480 g/mol. The normalized spacial score (nSPS) is 28.1. The highest BCUT2D eigenvalue weighted by atomic mass is 16.6. The predicted molar refractivity (Wildman–Crippen MR) is 133 cm³/mol. The van der Waals surface area contributed by atoms with Gasteiger partial charge in [0.15, 0.2) is 6.29 Å². The van der Waals surface area contributed by atoms with Crippen LogP contribution in [0.2, 0.25) is 0 Å². The molecule has 3 aliphatic rings. The SMILES string of the molecule is CC(C)(C)OC(=O)NC1CCCC(NC(=O)c2ccc(C=O)c3nc(C4CC5CCC4C5)[nH]c23)C1. The molecule has 35 heavy (non-hydrogen) atoms. The van der Waals surface area contributed by atoms with E-state index in [1.54, 1.807) is 12.1 Å². The number of rotatable bonds is 5. The molecule has 1 aromatic carbocycles. The molecule has 0 saturated heterocycles. The highest BCUT2D eigenvalue weighted by molar-refractivity contribution is 6.08. The maximum atomic E-state index is 13.3. The third kappa shape index (κ3) is 5.07. The quantitative estimate of drug-likeness (QED) is 0.530. The fourth-order valence-electron chi connectivity index (χ4n) is 6.36. The van der Waals surface area contributed by atoms with Gasteiger partial charge in [-0.05, 0) is 89.7 Å². The second-order valence-electron chi connectivity index (χ2n) is 11.6. The van der Waals surface area contributed by atoms with Gasteiger partial charge in [0.25, 0.3) is 5.91 Å². The Labute approximate surface area is 206 Å². The summed E-state index contributed by atoms with van der Waals surface area (Å²) in [5, 5.41) is 6.10. The van der Waals surface area contributed by atoms with E-state index >= 15 is 0 Å². The van der Waals surface area contributed by atoms with Crippen LogP contribution in [0.3, 0.4) is 0 Å². The smallest absolute Gasteiger partial charge is 0.407 e. The van der Waals surface area contributed by atoms with Crippen LogP contribution in [0.4, 0.5) is 4.79 Å². The maximum absolute atomic E-state index is 13.3. The van der Waals surface area contributed by atoms with Gasteiger partial charge in [-0.25, -0.2) is 9.78 Å². The van der Waals surface area contributed by atoms with E-state index in [0.29, 0.717) is 40.4 Å². The number of nitrogens with zero attached hydrogens (tertiary/aromatic N) is 1. The number of alkyl carbamates (subject to hydrolysis) is 1. The predicted octanol–water partition coefficient (Wildman–Crippen LogP) is 4.84. The Balaban J connectivity index is 1.30. The number of H-pyrrole nitrogens is 1. The van der Waals surface area contributed by atoms with Crippen LogP contribution in [0.25, 0.3) is 11.0 Å². The Morgan fingerprint density at radius 3 is 2.49 bits per heavy atom. The molecule has 2 bridgehead atoms. The average Bonchev–Trinajstić information content (AvgIpc) is 3.52. The van der Waals surface area contributed by atoms with E-state index in [1.165, 1.54) is 19.3 Å². The van der Waals surface area contributed by atoms with Crippen molar-refractivity contribution in [3.05, 3.63) is 29.1 Å². The van der Waals surface area contributed by atoms with Crippen molar-refractivity contribution in [1.29, 1.82) is 0 Å². The lowest BCUT2D eigenvalue weighted by atomic mass is 9.88. The Morgan fingerprint density at radius 2 is 1.83 bits per heavy atom. The molecule has 0 spiro atoms. The first-order chi connectivity index (χ1) is 16.7. The van der Waals surface area contributed by atoms with E-state index in [-0.39, 0.29) is 18.0 Å². The van der Waals surface area contributed by atoms with E-state index in [2.05, 4.69) is 15.6 Å². The van der Waals surface area contributed by atoms with Crippen molar-refractivity contribution >= 4 is 29.3 Å². The standard InChI is InChI=1S/C27H36N4O4/c1-27(2,3)35-26(34)29-19-6-4-5-18(13-19)28-25(33)20-10-9-17(14-32)22-23(20)31-24(30-22)21-12-15-7-8-16(21)11-15/h9-10,14-16,18-19,21H,4-8,11-13H2,1-3H3,(H,28,33)(H,29,34)(H,30,31). The zero-order valence-electron chi connectivity index (χ0n) is 20.9. The highest BCUT2D eigenvalue weighted by Gasteiger charge is 2.41. The number of hydrogen-bond donors (Lipinski definition) is 3. The van der Waals surface area contributed by atoms with Crippen LogP contribution in [-0.4, -0.2) is 45.9 Å². The zero-order chi connectivity index (χ0) is 24.7. The van der Waals surface area contributed by atoms with Gasteiger partial charge in [-0.2, -0.15) is 0 Å². The first kappa shape index (κ1) is 23.8. The van der Waals surface area contributed by atoms with Gasteiger partial charge in [0.1, 0.15) is 11.4 Å². The van der Waals surface area contributed by atoms with Gasteiger partial charge in [-0.15, -0.1) is 0 Å². The minimum absolute atomic E-state index is 0.0436. The molecule has 3 N–H and O–H groups in total. The largest absolute Gasteiger partial charge is 0.444 e. The van der Waals surface area contributed by atoms with E-state index in [1.807, 2.05) is 20.8 Å². The molecule has 8 heteroatoms. The van der Waals surface area contributed by atoms with Crippen LogP contribution in [0, 0.1) is 11.8 Å². The molecule has 188 valence electrons. The van der Waals surface area contributed by atoms with Crippen molar-refractivity contribution in [2.24, 2.45) is 11.8 Å². The number of fused-ring (bicyclic) bond motifs is 3. The molecule has 2 aromatic rings. The number of aromatic amines is 1. The van der Waals surface area contributed by atoms with Crippen LogP contribution in [0.1, 0.15) is 105 Å². The number of ether oxygens (including phenoxy) is 1. The third-order valence-electron chi connectivity index (χ3n) is 7.89. The summed E-state index contributed by atoms with van der Waals surface area (Å²) in [4.78, 5) is 45.5. The van der Waals surface area contributed by atoms with Gasteiger partial charge in [0, 0.05) is 23.6 Å². The molecule has 1 heterocycles. The molecule has 2 amide bonds. The molecular weight excluding hydrogens is 444 g/mol. The van der Waals surface area contributed by atoms with Crippen LogP contribution in [0.5, 0.6) is 0 Å². The molecule has 3 aliphatic carbocycles. The van der Waals surface area contributed by atoms with Crippen LogP contribution in [0.15, 0.2) is 12.1 Å². The second kappa shape index (κ2) is 9.28. The fourth-order valence-corrected chi connectivity index (χ4v) is 6.36. The molecule has 0 radical (unpaired) electrons. The number of nitrogens with one attached hydrogen (secondary N) is 3. The lowest BCUT2D eigenvalue weighted by Gasteiger charge is -2.31. The van der Waals surface area contributed by atoms with Gasteiger partial charge < -0.3 is 20.4 Å². The molecule has 3 saturated carbocycles. The molecule has 5 atom stereocenters. The molecule has 1 aromatic heterocycles. The van der Waals surface area contributed by atoms with Crippen molar-refractivity contribution in [3.63, 3.8) is 0 Å². The number of aldehydes is 1. The van der Waals surface area contributed by atoms with Crippen molar-refractivity contribution < 1.29 is 19.1 Å². The van der Waals surface area contributed by atoms with Gasteiger partial charge in [0.2, 0.25) is 0 Å². The lowest BCUT2D eigenvalue weighted by molar-refractivity contribution is 0.0489. The minimum Gasteiger partial charge on any atom is -0.444 e. The van der Waals surface area contributed by atoms with Crippen molar-refractivity contribution in [1.82, 2.24) is 20.6 Å².